The summed E-state index contributed by atoms with van der Waals surface area (Å²) in [6.07, 6.45) is 0. The number of carbonyl (C=O) groups excluding carboxylic acids is 1. The van der Waals surface area contributed by atoms with Gasteiger partial charge in [-0.05, 0) is 26.0 Å². The van der Waals surface area contributed by atoms with E-state index >= 15 is 0 Å². The lowest BCUT2D eigenvalue weighted by atomic mass is 10.3. The Morgan fingerprint density at radius 3 is 2.67 bits per heavy atom. The topological polar surface area (TPSA) is 83.4 Å². The van der Waals surface area contributed by atoms with Gasteiger partial charge >= 0.3 is 5.97 Å². The third kappa shape index (κ3) is 3.63. The van der Waals surface area contributed by atoms with Crippen LogP contribution in [0.2, 0.25) is 0 Å². The summed E-state index contributed by atoms with van der Waals surface area (Å²) in [5, 5.41) is 10.4. The zero-order chi connectivity index (χ0) is 15.4. The predicted octanol–water partition coefficient (Wildman–Crippen LogP) is 2.21. The van der Waals surface area contributed by atoms with Gasteiger partial charge in [-0.3, -0.25) is 9.78 Å². The number of thiazole rings is 1. The molecule has 2 rings (SSSR count). The molecule has 2 heterocycles. The van der Waals surface area contributed by atoms with Crippen molar-refractivity contribution in [1.29, 1.82) is 0 Å². The minimum atomic E-state index is -1.13. The van der Waals surface area contributed by atoms with Crippen molar-refractivity contribution >= 4 is 23.2 Å². The first-order chi connectivity index (χ1) is 10.0. The van der Waals surface area contributed by atoms with E-state index in [-0.39, 0.29) is 16.6 Å². The van der Waals surface area contributed by atoms with Crippen LogP contribution in [0.5, 0.6) is 0 Å². The molecule has 0 unspecified atom stereocenters. The number of carboxylic acids is 1. The van der Waals surface area contributed by atoms with Crippen LogP contribution in [0.3, 0.4) is 0 Å². The second-order valence-corrected chi connectivity index (χ2v) is 5.29. The van der Waals surface area contributed by atoms with Crippen LogP contribution >= 0.6 is 11.3 Å². The van der Waals surface area contributed by atoms with E-state index in [0.717, 1.165) is 22.7 Å². The standard InChI is InChI=1S/C14H15N3O3S/c1-3-17(7-10-6-4-5-9(2)15-10)13(18)12-16-11(8-21-12)14(19)20/h4-6,8H,3,7H2,1-2H3,(H,19,20). The zero-order valence-corrected chi connectivity index (χ0v) is 12.6. The number of carbonyl (C=O) groups is 2. The highest BCUT2D eigenvalue weighted by atomic mass is 32.1. The average Bonchev–Trinajstić information content (AvgIpc) is 2.94. The monoisotopic (exact) mass is 305 g/mol. The minimum absolute atomic E-state index is 0.104. The highest BCUT2D eigenvalue weighted by molar-refractivity contribution is 7.11. The van der Waals surface area contributed by atoms with Crippen LogP contribution in [-0.4, -0.2) is 38.4 Å². The number of pyridine rings is 1. The summed E-state index contributed by atoms with van der Waals surface area (Å²) >= 11 is 1.04. The van der Waals surface area contributed by atoms with Gasteiger partial charge in [0.05, 0.1) is 12.2 Å². The fourth-order valence-corrected chi connectivity index (χ4v) is 2.57. The molecule has 0 aliphatic rings. The number of hydrogen-bond donors (Lipinski definition) is 1. The van der Waals surface area contributed by atoms with E-state index in [9.17, 15) is 9.59 Å². The lowest BCUT2D eigenvalue weighted by Crippen LogP contribution is -2.30. The summed E-state index contributed by atoms with van der Waals surface area (Å²) in [6.45, 7) is 4.62. The van der Waals surface area contributed by atoms with Crippen molar-refractivity contribution in [3.63, 3.8) is 0 Å². The van der Waals surface area contributed by atoms with Gasteiger partial charge in [-0.1, -0.05) is 6.07 Å². The van der Waals surface area contributed by atoms with Crippen molar-refractivity contribution < 1.29 is 14.7 Å². The van der Waals surface area contributed by atoms with Gasteiger partial charge in [0.1, 0.15) is 0 Å². The number of aromatic nitrogens is 2. The predicted molar refractivity (Wildman–Crippen MR) is 78.5 cm³/mol. The van der Waals surface area contributed by atoms with E-state index in [2.05, 4.69) is 9.97 Å². The zero-order valence-electron chi connectivity index (χ0n) is 11.7. The quantitative estimate of drug-likeness (QED) is 0.915. The van der Waals surface area contributed by atoms with Crippen molar-refractivity contribution in [2.24, 2.45) is 0 Å². The lowest BCUT2D eigenvalue weighted by molar-refractivity contribution is 0.0691. The molecule has 0 saturated heterocycles. The first-order valence-corrected chi connectivity index (χ1v) is 7.30. The van der Waals surface area contributed by atoms with Gasteiger partial charge in [0.25, 0.3) is 5.91 Å². The first-order valence-electron chi connectivity index (χ1n) is 6.42. The molecule has 6 nitrogen and oxygen atoms in total. The molecule has 2 aromatic heterocycles. The largest absolute Gasteiger partial charge is 0.476 e. The van der Waals surface area contributed by atoms with E-state index < -0.39 is 5.97 Å². The summed E-state index contributed by atoms with van der Waals surface area (Å²) in [4.78, 5) is 33.0. The van der Waals surface area contributed by atoms with Gasteiger partial charge < -0.3 is 10.0 Å². The number of aryl methyl sites for hydroxylation is 1. The molecule has 21 heavy (non-hydrogen) atoms. The number of hydrogen-bond acceptors (Lipinski definition) is 5. The number of aromatic carboxylic acids is 1. The molecule has 7 heteroatoms. The molecule has 0 saturated carbocycles. The molecule has 1 amide bonds. The summed E-state index contributed by atoms with van der Waals surface area (Å²) in [5.41, 5.74) is 1.58. The number of rotatable bonds is 5. The van der Waals surface area contributed by atoms with Crippen LogP contribution in [-0.2, 0) is 6.54 Å². The molecule has 0 aliphatic carbocycles. The van der Waals surface area contributed by atoms with Crippen LogP contribution in [0, 0.1) is 6.92 Å². The number of carboxylic acid groups (broad SMARTS) is 1. The molecule has 0 aromatic carbocycles. The maximum atomic E-state index is 12.4. The number of nitrogens with zero attached hydrogens (tertiary/aromatic N) is 3. The molecule has 2 aromatic rings. The van der Waals surface area contributed by atoms with Gasteiger partial charge in [0.2, 0.25) is 0 Å². The summed E-state index contributed by atoms with van der Waals surface area (Å²) < 4.78 is 0. The second-order valence-electron chi connectivity index (χ2n) is 4.43. The van der Waals surface area contributed by atoms with Gasteiger partial charge in [-0.25, -0.2) is 9.78 Å². The second kappa shape index (κ2) is 6.45. The minimum Gasteiger partial charge on any atom is -0.476 e. The SMILES string of the molecule is CCN(Cc1cccc(C)n1)C(=O)c1nc(C(=O)O)cs1. The van der Waals surface area contributed by atoms with Gasteiger partial charge in [-0.15, -0.1) is 11.3 Å². The Hall–Kier alpha value is -2.28. The van der Waals surface area contributed by atoms with Crippen molar-refractivity contribution in [1.82, 2.24) is 14.9 Å². The van der Waals surface area contributed by atoms with E-state index in [4.69, 9.17) is 5.11 Å². The average molecular weight is 305 g/mol. The van der Waals surface area contributed by atoms with Crippen LogP contribution in [0.4, 0.5) is 0 Å². The Morgan fingerprint density at radius 1 is 1.33 bits per heavy atom. The molecule has 0 fully saturated rings. The van der Waals surface area contributed by atoms with Crippen LogP contribution in [0.15, 0.2) is 23.6 Å². The Bertz CT molecular complexity index is 669. The van der Waals surface area contributed by atoms with Crippen molar-refractivity contribution in [3.05, 3.63) is 45.7 Å². The third-order valence-corrected chi connectivity index (χ3v) is 3.70. The Balaban J connectivity index is 2.16. The van der Waals surface area contributed by atoms with Gasteiger partial charge in [0.15, 0.2) is 10.7 Å². The fourth-order valence-electron chi connectivity index (χ4n) is 1.82. The Kier molecular flexibility index (Phi) is 4.64. The van der Waals surface area contributed by atoms with Crippen LogP contribution in [0.25, 0.3) is 0 Å². The van der Waals surface area contributed by atoms with Crippen molar-refractivity contribution in [2.75, 3.05) is 6.54 Å². The molecule has 0 spiro atoms. The first kappa shape index (κ1) is 15.1. The molecule has 0 aliphatic heterocycles. The maximum absolute atomic E-state index is 12.4. The number of amides is 1. The summed E-state index contributed by atoms with van der Waals surface area (Å²) in [5.74, 6) is -1.41. The summed E-state index contributed by atoms with van der Waals surface area (Å²) in [6, 6.07) is 5.64. The highest BCUT2D eigenvalue weighted by Gasteiger charge is 2.20. The third-order valence-electron chi connectivity index (χ3n) is 2.87. The molecule has 110 valence electrons. The van der Waals surface area contributed by atoms with Gasteiger partial charge in [-0.2, -0.15) is 0 Å². The van der Waals surface area contributed by atoms with E-state index in [0.29, 0.717) is 13.1 Å². The van der Waals surface area contributed by atoms with Gasteiger partial charge in [0, 0.05) is 17.6 Å². The molecule has 1 N–H and O–H groups in total. The molecular weight excluding hydrogens is 290 g/mol. The maximum Gasteiger partial charge on any atom is 0.355 e. The Morgan fingerprint density at radius 2 is 2.10 bits per heavy atom. The van der Waals surface area contributed by atoms with E-state index in [1.165, 1.54) is 5.38 Å². The highest BCUT2D eigenvalue weighted by Crippen LogP contribution is 2.14. The van der Waals surface area contributed by atoms with Crippen molar-refractivity contribution in [2.45, 2.75) is 20.4 Å². The lowest BCUT2D eigenvalue weighted by Gasteiger charge is -2.19. The Labute approximate surface area is 126 Å². The van der Waals surface area contributed by atoms with Crippen molar-refractivity contribution in [3.8, 4) is 0 Å². The molecule has 0 atom stereocenters. The smallest absolute Gasteiger partial charge is 0.355 e. The fraction of sp³-hybridized carbons (Fsp3) is 0.286. The van der Waals surface area contributed by atoms with Crippen LogP contribution in [0.1, 0.15) is 38.6 Å². The van der Waals surface area contributed by atoms with Crippen LogP contribution < -0.4 is 0 Å². The molecular formula is C14H15N3O3S. The summed E-state index contributed by atoms with van der Waals surface area (Å²) in [7, 11) is 0. The van der Waals surface area contributed by atoms with E-state index in [1.807, 2.05) is 32.0 Å². The molecule has 0 radical (unpaired) electrons. The van der Waals surface area contributed by atoms with E-state index in [1.54, 1.807) is 4.90 Å². The normalized spacial score (nSPS) is 10.4. The molecule has 0 bridgehead atoms.